The molecule has 1 rings (SSSR count). The van der Waals surface area contributed by atoms with Gasteiger partial charge in [0.2, 0.25) is 0 Å². The van der Waals surface area contributed by atoms with E-state index in [1.165, 1.54) is 0 Å². The number of carbonyl (C=O) groups excluding carboxylic acids is 1. The third kappa shape index (κ3) is 6.04. The Kier molecular flexibility index (Phi) is 6.49. The van der Waals surface area contributed by atoms with Crippen LogP contribution in [0.4, 0.5) is 16.2 Å². The number of hydrogen-bond acceptors (Lipinski definition) is 3. The van der Waals surface area contributed by atoms with Crippen LogP contribution in [-0.4, -0.2) is 37.9 Å². The molecular weight excluding hydrogens is 266 g/mol. The lowest BCUT2D eigenvalue weighted by Crippen LogP contribution is -2.35. The molecule has 0 fully saturated rings. The molecule has 21 heavy (non-hydrogen) atoms. The molecular formula is C16H27N3O2. The number of hydrogen-bond donors (Lipinski definition) is 3. The summed E-state index contributed by atoms with van der Waals surface area (Å²) in [5, 5.41) is 15.2. The van der Waals surface area contributed by atoms with E-state index in [2.05, 4.69) is 10.6 Å². The lowest BCUT2D eigenvalue weighted by atomic mass is 10.1. The SMILES string of the molecule is Cc1cc(N(C)C)ccc1NC(=O)NC[C@@H](O)CC(C)C. The van der Waals surface area contributed by atoms with Gasteiger partial charge in [0.05, 0.1) is 6.10 Å². The van der Waals surface area contributed by atoms with Crippen LogP contribution in [-0.2, 0) is 0 Å². The first-order valence-corrected chi connectivity index (χ1v) is 7.30. The summed E-state index contributed by atoms with van der Waals surface area (Å²) in [5.41, 5.74) is 2.86. The van der Waals surface area contributed by atoms with E-state index in [1.807, 2.05) is 58.0 Å². The number of benzene rings is 1. The van der Waals surface area contributed by atoms with Crippen LogP contribution in [0, 0.1) is 12.8 Å². The van der Waals surface area contributed by atoms with Gasteiger partial charge in [-0.05, 0) is 43.0 Å². The second-order valence-electron chi connectivity index (χ2n) is 6.01. The third-order valence-electron chi connectivity index (χ3n) is 3.22. The number of anilines is 2. The molecule has 0 bridgehead atoms. The summed E-state index contributed by atoms with van der Waals surface area (Å²) in [4.78, 5) is 13.8. The van der Waals surface area contributed by atoms with Crippen LogP contribution in [0.15, 0.2) is 18.2 Å². The van der Waals surface area contributed by atoms with Crippen molar-refractivity contribution in [2.45, 2.75) is 33.3 Å². The van der Waals surface area contributed by atoms with Crippen molar-refractivity contribution in [1.82, 2.24) is 5.32 Å². The fraction of sp³-hybridized carbons (Fsp3) is 0.562. The minimum atomic E-state index is -0.507. The summed E-state index contributed by atoms with van der Waals surface area (Å²) in [6, 6.07) is 5.56. The van der Waals surface area contributed by atoms with Gasteiger partial charge in [-0.2, -0.15) is 0 Å². The molecule has 0 spiro atoms. The summed E-state index contributed by atoms with van der Waals surface area (Å²) in [6.45, 7) is 6.30. The van der Waals surface area contributed by atoms with Crippen LogP contribution >= 0.6 is 0 Å². The van der Waals surface area contributed by atoms with E-state index in [0.717, 1.165) is 16.9 Å². The second-order valence-corrected chi connectivity index (χ2v) is 6.01. The molecule has 118 valence electrons. The molecule has 0 aliphatic heterocycles. The summed E-state index contributed by atoms with van der Waals surface area (Å²) < 4.78 is 0. The fourth-order valence-corrected chi connectivity index (χ4v) is 2.07. The van der Waals surface area contributed by atoms with Crippen LogP contribution in [0.1, 0.15) is 25.8 Å². The minimum absolute atomic E-state index is 0.263. The molecule has 3 N–H and O–H groups in total. The van der Waals surface area contributed by atoms with Gasteiger partial charge in [0.25, 0.3) is 0 Å². The van der Waals surface area contributed by atoms with E-state index in [-0.39, 0.29) is 12.6 Å². The van der Waals surface area contributed by atoms with Crippen molar-refractivity contribution in [3.63, 3.8) is 0 Å². The van der Waals surface area contributed by atoms with E-state index in [9.17, 15) is 9.90 Å². The van der Waals surface area contributed by atoms with Gasteiger partial charge in [0.1, 0.15) is 0 Å². The van der Waals surface area contributed by atoms with Crippen molar-refractivity contribution in [2.75, 3.05) is 30.9 Å². The van der Waals surface area contributed by atoms with Crippen LogP contribution in [0.25, 0.3) is 0 Å². The number of rotatable bonds is 6. The van der Waals surface area contributed by atoms with Crippen LogP contribution in [0.2, 0.25) is 0 Å². The van der Waals surface area contributed by atoms with E-state index >= 15 is 0 Å². The number of nitrogens with one attached hydrogen (secondary N) is 2. The average molecular weight is 293 g/mol. The van der Waals surface area contributed by atoms with E-state index in [0.29, 0.717) is 12.3 Å². The second kappa shape index (κ2) is 7.88. The summed E-state index contributed by atoms with van der Waals surface area (Å²) in [6.07, 6.45) is 0.171. The maximum absolute atomic E-state index is 11.8. The molecule has 0 radical (unpaired) electrons. The van der Waals surface area contributed by atoms with E-state index in [1.54, 1.807) is 0 Å². The standard InChI is InChI=1S/C16H27N3O2/c1-11(2)8-14(20)10-17-16(21)18-15-7-6-13(19(4)5)9-12(15)3/h6-7,9,11,14,20H,8,10H2,1-5H3,(H2,17,18,21)/t14-/m0/s1. The van der Waals surface area contributed by atoms with Crippen molar-refractivity contribution in [3.05, 3.63) is 23.8 Å². The minimum Gasteiger partial charge on any atom is -0.391 e. The Labute approximate surface area is 127 Å². The molecule has 1 atom stereocenters. The van der Waals surface area contributed by atoms with Gasteiger partial charge in [-0.1, -0.05) is 13.8 Å². The number of aliphatic hydroxyl groups excluding tert-OH is 1. The molecule has 5 heteroatoms. The Morgan fingerprint density at radius 2 is 2.00 bits per heavy atom. The van der Waals surface area contributed by atoms with Gasteiger partial charge >= 0.3 is 6.03 Å². The van der Waals surface area contributed by atoms with Gasteiger partial charge < -0.3 is 20.6 Å². The molecule has 0 saturated heterocycles. The largest absolute Gasteiger partial charge is 0.391 e. The molecule has 0 heterocycles. The zero-order valence-electron chi connectivity index (χ0n) is 13.6. The highest BCUT2D eigenvalue weighted by molar-refractivity contribution is 5.90. The van der Waals surface area contributed by atoms with Crippen LogP contribution in [0.5, 0.6) is 0 Å². The molecule has 0 aliphatic carbocycles. The van der Waals surface area contributed by atoms with E-state index in [4.69, 9.17) is 0 Å². The predicted octanol–water partition coefficient (Wildman–Crippen LogP) is 2.59. The maximum Gasteiger partial charge on any atom is 0.319 e. The number of amides is 2. The van der Waals surface area contributed by atoms with Crippen molar-refractivity contribution >= 4 is 17.4 Å². The highest BCUT2D eigenvalue weighted by Gasteiger charge is 2.10. The van der Waals surface area contributed by atoms with Crippen LogP contribution in [0.3, 0.4) is 0 Å². The number of nitrogens with zero attached hydrogens (tertiary/aromatic N) is 1. The van der Waals surface area contributed by atoms with Crippen LogP contribution < -0.4 is 15.5 Å². The molecule has 0 aromatic heterocycles. The van der Waals surface area contributed by atoms with Gasteiger partial charge in [0, 0.05) is 32.0 Å². The number of aryl methyl sites for hydroxylation is 1. The molecule has 2 amide bonds. The molecule has 0 aliphatic rings. The highest BCUT2D eigenvalue weighted by Crippen LogP contribution is 2.21. The Morgan fingerprint density at radius 1 is 1.33 bits per heavy atom. The number of urea groups is 1. The van der Waals surface area contributed by atoms with Crippen molar-refractivity contribution in [2.24, 2.45) is 5.92 Å². The zero-order valence-corrected chi connectivity index (χ0v) is 13.6. The number of carbonyl (C=O) groups is 1. The maximum atomic E-state index is 11.8. The Balaban J connectivity index is 2.51. The smallest absolute Gasteiger partial charge is 0.319 e. The first-order chi connectivity index (χ1) is 9.79. The normalized spacial score (nSPS) is 12.1. The Hall–Kier alpha value is -1.75. The molecule has 5 nitrogen and oxygen atoms in total. The molecule has 0 unspecified atom stereocenters. The molecule has 1 aromatic carbocycles. The quantitative estimate of drug-likeness (QED) is 0.755. The zero-order chi connectivity index (χ0) is 16.0. The first kappa shape index (κ1) is 17.3. The van der Waals surface area contributed by atoms with Crippen molar-refractivity contribution in [1.29, 1.82) is 0 Å². The van der Waals surface area contributed by atoms with Gasteiger partial charge in [0.15, 0.2) is 0 Å². The van der Waals surface area contributed by atoms with Gasteiger partial charge in [-0.25, -0.2) is 4.79 Å². The van der Waals surface area contributed by atoms with E-state index < -0.39 is 6.10 Å². The van der Waals surface area contributed by atoms with Crippen molar-refractivity contribution in [3.8, 4) is 0 Å². The number of aliphatic hydroxyl groups is 1. The predicted molar refractivity (Wildman–Crippen MR) is 88.0 cm³/mol. The lowest BCUT2D eigenvalue weighted by Gasteiger charge is -2.17. The molecule has 1 aromatic rings. The topological polar surface area (TPSA) is 64.6 Å². The third-order valence-corrected chi connectivity index (χ3v) is 3.22. The monoisotopic (exact) mass is 293 g/mol. The Bertz CT molecular complexity index is 473. The highest BCUT2D eigenvalue weighted by atomic mass is 16.3. The van der Waals surface area contributed by atoms with Crippen molar-refractivity contribution < 1.29 is 9.90 Å². The van der Waals surface area contributed by atoms with Gasteiger partial charge in [-0.3, -0.25) is 0 Å². The lowest BCUT2D eigenvalue weighted by molar-refractivity contribution is 0.148. The van der Waals surface area contributed by atoms with Gasteiger partial charge in [-0.15, -0.1) is 0 Å². The summed E-state index contributed by atoms with van der Waals surface area (Å²) in [7, 11) is 3.95. The summed E-state index contributed by atoms with van der Waals surface area (Å²) >= 11 is 0. The summed E-state index contributed by atoms with van der Waals surface area (Å²) in [5.74, 6) is 0.408. The average Bonchev–Trinajstić information content (AvgIpc) is 2.37. The first-order valence-electron chi connectivity index (χ1n) is 7.30. The fourth-order valence-electron chi connectivity index (χ4n) is 2.07. The Morgan fingerprint density at radius 3 is 2.52 bits per heavy atom. The molecule has 0 saturated carbocycles.